The summed E-state index contributed by atoms with van der Waals surface area (Å²) in [6.45, 7) is 1.00. The van der Waals surface area contributed by atoms with Crippen LogP contribution in [0.4, 0.5) is 0 Å². The zero-order valence-corrected chi connectivity index (χ0v) is 23.2. The van der Waals surface area contributed by atoms with Gasteiger partial charge in [-0.1, -0.05) is 0 Å². The molecule has 212 valence electrons. The van der Waals surface area contributed by atoms with Gasteiger partial charge in [0.1, 0.15) is 12.1 Å². The lowest BCUT2D eigenvalue weighted by Gasteiger charge is -2.23. The Hall–Kier alpha value is -2.37. The predicted octanol–water partition coefficient (Wildman–Crippen LogP) is -3.19. The number of thiol groups is 3. The fourth-order valence-electron chi connectivity index (χ4n) is 2.99. The van der Waals surface area contributed by atoms with E-state index < -0.39 is 54.6 Å². The van der Waals surface area contributed by atoms with E-state index in [0.29, 0.717) is 36.8 Å². The van der Waals surface area contributed by atoms with Crippen LogP contribution in [0, 0.1) is 0 Å². The largest absolute Gasteiger partial charge is 0.481 e. The van der Waals surface area contributed by atoms with Gasteiger partial charge in [-0.05, 0) is 12.8 Å². The van der Waals surface area contributed by atoms with Crippen molar-refractivity contribution in [3.8, 4) is 0 Å². The number of hydrogen-bond acceptors (Lipinski definition) is 10. The molecular weight excluding hydrogens is 544 g/mol. The smallest absolute Gasteiger partial charge is 0.305 e. The highest BCUT2D eigenvalue weighted by Gasteiger charge is 2.25. The van der Waals surface area contributed by atoms with Crippen molar-refractivity contribution in [3.63, 3.8) is 0 Å². The summed E-state index contributed by atoms with van der Waals surface area (Å²) in [4.78, 5) is 66.5. The molecule has 0 rings (SSSR count). The molecule has 0 unspecified atom stereocenters. The molecule has 0 aliphatic heterocycles. The molecule has 9 N–H and O–H groups in total. The van der Waals surface area contributed by atoms with Gasteiger partial charge in [-0.25, -0.2) is 0 Å². The van der Waals surface area contributed by atoms with Crippen molar-refractivity contribution in [3.05, 3.63) is 0 Å². The van der Waals surface area contributed by atoms with E-state index in [2.05, 4.69) is 64.1 Å². The number of guanidine groups is 1. The summed E-state index contributed by atoms with van der Waals surface area (Å²) in [5.41, 5.74) is 10.6. The number of rotatable bonds is 20. The van der Waals surface area contributed by atoms with Gasteiger partial charge in [0, 0.05) is 43.4 Å². The Balaban J connectivity index is 5.14. The van der Waals surface area contributed by atoms with Crippen LogP contribution in [0.1, 0.15) is 19.3 Å². The Bertz CT molecular complexity index is 779. The molecule has 0 aromatic carbocycles. The van der Waals surface area contributed by atoms with Crippen LogP contribution in [-0.4, -0.2) is 114 Å². The summed E-state index contributed by atoms with van der Waals surface area (Å²) in [7, 11) is 0. The predicted molar refractivity (Wildman–Crippen MR) is 150 cm³/mol. The lowest BCUT2D eigenvalue weighted by molar-refractivity contribution is -0.140. The second kappa shape index (κ2) is 20.7. The number of nitrogens with zero attached hydrogens (tertiary/aromatic N) is 2. The van der Waals surface area contributed by atoms with E-state index in [-0.39, 0.29) is 32.0 Å². The van der Waals surface area contributed by atoms with Crippen molar-refractivity contribution in [1.82, 2.24) is 26.2 Å². The summed E-state index contributed by atoms with van der Waals surface area (Å²) in [6.07, 6.45) is -0.0923. The summed E-state index contributed by atoms with van der Waals surface area (Å²) in [5.74, 6) is -2.51. The minimum absolute atomic E-state index is 0.0253. The van der Waals surface area contributed by atoms with Crippen LogP contribution in [-0.2, 0) is 24.0 Å². The van der Waals surface area contributed by atoms with Gasteiger partial charge in [0.2, 0.25) is 23.6 Å². The lowest BCUT2D eigenvalue weighted by atomic mass is 10.1. The van der Waals surface area contributed by atoms with Gasteiger partial charge in [-0.15, -0.1) is 0 Å². The minimum atomic E-state index is -1.33. The highest BCUT2D eigenvalue weighted by atomic mass is 32.1. The summed E-state index contributed by atoms with van der Waals surface area (Å²) in [6, 6.07) is -2.32. The summed E-state index contributed by atoms with van der Waals surface area (Å²) in [5, 5.41) is 18.8. The molecule has 0 fully saturated rings. The highest BCUT2D eigenvalue weighted by Crippen LogP contribution is 2.01. The van der Waals surface area contributed by atoms with Crippen molar-refractivity contribution in [2.75, 3.05) is 56.5 Å². The van der Waals surface area contributed by atoms with Crippen molar-refractivity contribution >= 4 is 73.4 Å². The normalized spacial score (nSPS) is 12.2. The van der Waals surface area contributed by atoms with Gasteiger partial charge in [-0.3, -0.25) is 33.9 Å². The Labute approximate surface area is 232 Å². The third-order valence-electron chi connectivity index (χ3n) is 4.66. The van der Waals surface area contributed by atoms with Gasteiger partial charge >= 0.3 is 5.97 Å². The second-order valence-corrected chi connectivity index (χ2v) is 9.08. The first kappa shape index (κ1) is 34.6. The van der Waals surface area contributed by atoms with E-state index in [9.17, 15) is 24.0 Å². The minimum Gasteiger partial charge on any atom is -0.481 e. The summed E-state index contributed by atoms with van der Waals surface area (Å²) < 4.78 is 0. The monoisotopic (exact) mass is 582 g/mol. The lowest BCUT2D eigenvalue weighted by Crippen LogP contribution is -2.53. The topological polar surface area (TPSA) is 221 Å². The number of carbonyl (C=O) groups excluding carboxylic acids is 4. The molecule has 0 bridgehead atoms. The molecule has 0 saturated heterocycles. The zero-order valence-electron chi connectivity index (χ0n) is 20.5. The molecule has 14 nitrogen and oxygen atoms in total. The van der Waals surface area contributed by atoms with Gasteiger partial charge in [-0.2, -0.15) is 37.9 Å². The van der Waals surface area contributed by atoms with Crippen LogP contribution in [0.3, 0.4) is 0 Å². The van der Waals surface area contributed by atoms with Crippen LogP contribution in [0.15, 0.2) is 4.99 Å². The Morgan fingerprint density at radius 1 is 0.865 bits per heavy atom. The standard InChI is InChI=1S/C20H38N8O6S3/c21-20(22)24-3-1-2-13(26-16(30)12-28(5-8-36)6-9-37)18(33)25-11-15(29)27-14(10-17(31)32)19(34)23-4-7-35/h13-14,35-37H,1-12H2,(H,23,34)(H,25,33)(H,26,30)(H,27,29)(H,31,32)(H4,21,22,24)/t13-,14-/m0/s1. The maximum atomic E-state index is 12.8. The molecular formula is C20H38N8O6S3. The quantitative estimate of drug-likeness (QED) is 0.0302. The number of nitrogens with two attached hydrogens (primary N) is 2. The molecule has 0 aliphatic rings. The SMILES string of the molecule is NC(N)=NCCC[C@H](NC(=O)CN(CCS)CCS)C(=O)NCC(=O)N[C@@H](CC(=O)O)C(=O)NCCS. The molecule has 2 atom stereocenters. The van der Waals surface area contributed by atoms with Crippen LogP contribution in [0.25, 0.3) is 0 Å². The number of carbonyl (C=O) groups is 5. The molecule has 0 saturated carbocycles. The first-order chi connectivity index (χ1) is 17.5. The van der Waals surface area contributed by atoms with Gasteiger partial charge < -0.3 is 37.8 Å². The van der Waals surface area contributed by atoms with E-state index in [4.69, 9.17) is 16.6 Å². The van der Waals surface area contributed by atoms with E-state index in [1.807, 2.05) is 4.90 Å². The Morgan fingerprint density at radius 3 is 2.00 bits per heavy atom. The molecule has 17 heteroatoms. The van der Waals surface area contributed by atoms with E-state index in [0.717, 1.165) is 0 Å². The molecule has 0 spiro atoms. The molecule has 0 heterocycles. The average molecular weight is 583 g/mol. The van der Waals surface area contributed by atoms with Crippen LogP contribution >= 0.6 is 37.9 Å². The zero-order chi connectivity index (χ0) is 28.2. The summed E-state index contributed by atoms with van der Waals surface area (Å²) >= 11 is 12.3. The maximum absolute atomic E-state index is 12.8. The van der Waals surface area contributed by atoms with E-state index in [1.165, 1.54) is 0 Å². The first-order valence-corrected chi connectivity index (χ1v) is 13.4. The van der Waals surface area contributed by atoms with Crippen molar-refractivity contribution < 1.29 is 29.1 Å². The number of aliphatic carboxylic acids is 1. The van der Waals surface area contributed by atoms with E-state index >= 15 is 0 Å². The Morgan fingerprint density at radius 2 is 1.46 bits per heavy atom. The Kier molecular flexibility index (Phi) is 19.3. The molecule has 0 aromatic heterocycles. The first-order valence-electron chi connectivity index (χ1n) is 11.5. The van der Waals surface area contributed by atoms with Crippen LogP contribution < -0.4 is 32.7 Å². The fourth-order valence-corrected chi connectivity index (χ4v) is 3.67. The number of nitrogens with one attached hydrogen (secondary N) is 4. The van der Waals surface area contributed by atoms with Crippen molar-refractivity contribution in [2.45, 2.75) is 31.3 Å². The maximum Gasteiger partial charge on any atom is 0.305 e. The van der Waals surface area contributed by atoms with Crippen molar-refractivity contribution in [1.29, 1.82) is 0 Å². The van der Waals surface area contributed by atoms with Gasteiger partial charge in [0.15, 0.2) is 5.96 Å². The molecule has 0 radical (unpaired) electrons. The van der Waals surface area contributed by atoms with Crippen LogP contribution in [0.2, 0.25) is 0 Å². The second-order valence-electron chi connectivity index (χ2n) is 7.74. The molecule has 0 aromatic rings. The molecule has 0 aliphatic carbocycles. The number of hydrogen-bond donors (Lipinski definition) is 10. The van der Waals surface area contributed by atoms with E-state index in [1.54, 1.807) is 0 Å². The van der Waals surface area contributed by atoms with Crippen molar-refractivity contribution in [2.24, 2.45) is 16.5 Å². The number of carboxylic acid groups (broad SMARTS) is 1. The number of aliphatic imine (C=N–C) groups is 1. The third-order valence-corrected chi connectivity index (χ3v) is 5.28. The molecule has 37 heavy (non-hydrogen) atoms. The molecule has 4 amide bonds. The fraction of sp³-hybridized carbons (Fsp3) is 0.700. The van der Waals surface area contributed by atoms with Gasteiger partial charge in [0.05, 0.1) is 19.5 Å². The average Bonchev–Trinajstić information content (AvgIpc) is 2.82. The highest BCUT2D eigenvalue weighted by molar-refractivity contribution is 7.80. The number of amides is 4. The van der Waals surface area contributed by atoms with Crippen LogP contribution in [0.5, 0.6) is 0 Å². The number of carboxylic acids is 1. The van der Waals surface area contributed by atoms with Gasteiger partial charge in [0.25, 0.3) is 0 Å². The third kappa shape index (κ3) is 17.7.